The van der Waals surface area contributed by atoms with E-state index in [1.54, 1.807) is 6.92 Å². The first kappa shape index (κ1) is 28.3. The lowest BCUT2D eigenvalue weighted by molar-refractivity contribution is -0.117. The molecule has 0 spiro atoms. The van der Waals surface area contributed by atoms with Crippen molar-refractivity contribution < 1.29 is 4.79 Å². The Hall–Kier alpha value is -1.77. The molecular weight excluding hydrogens is 392 g/mol. The molecule has 2 N–H and O–H groups in total. The third kappa shape index (κ3) is 15.9. The Morgan fingerprint density at radius 3 is 1.59 bits per heavy atom. The molecule has 0 bridgehead atoms. The lowest BCUT2D eigenvalue weighted by Gasteiger charge is -2.09. The fraction of sp³-hybridized carbons (Fsp3) is 0.690. The van der Waals surface area contributed by atoms with Crippen molar-refractivity contribution in [3.05, 3.63) is 42.0 Å². The highest BCUT2D eigenvalue weighted by atomic mass is 16.1. The Kier molecular flexibility index (Phi) is 17.6. The van der Waals surface area contributed by atoms with Crippen molar-refractivity contribution in [1.82, 2.24) is 5.32 Å². The molecule has 1 amide bonds. The predicted molar refractivity (Wildman–Crippen MR) is 141 cm³/mol. The van der Waals surface area contributed by atoms with Crippen molar-refractivity contribution in [2.45, 2.75) is 123 Å². The summed E-state index contributed by atoms with van der Waals surface area (Å²) < 4.78 is 0. The van der Waals surface area contributed by atoms with E-state index in [0.29, 0.717) is 12.1 Å². The summed E-state index contributed by atoms with van der Waals surface area (Å²) in [5.74, 6) is -0.0873. The van der Waals surface area contributed by atoms with Gasteiger partial charge in [-0.2, -0.15) is 0 Å². The minimum Gasteiger partial charge on any atom is -0.385 e. The van der Waals surface area contributed by atoms with Gasteiger partial charge in [-0.1, -0.05) is 122 Å². The van der Waals surface area contributed by atoms with Crippen LogP contribution in [0, 0.1) is 0 Å². The summed E-state index contributed by atoms with van der Waals surface area (Å²) in [7, 11) is 0. The topological polar surface area (TPSA) is 41.1 Å². The molecule has 32 heavy (non-hydrogen) atoms. The average molecular weight is 443 g/mol. The zero-order valence-corrected chi connectivity index (χ0v) is 21.2. The van der Waals surface area contributed by atoms with Gasteiger partial charge in [0.25, 0.3) is 0 Å². The number of unbranched alkanes of at least 4 members (excludes halogenated alkanes) is 15. The van der Waals surface area contributed by atoms with E-state index in [2.05, 4.69) is 48.4 Å². The lowest BCUT2D eigenvalue weighted by atomic mass is 10.0. The van der Waals surface area contributed by atoms with Crippen molar-refractivity contribution >= 4 is 11.6 Å². The predicted octanol–water partition coefficient (Wildman–Crippen LogP) is 8.55. The molecule has 0 unspecified atom stereocenters. The monoisotopic (exact) mass is 442 g/mol. The van der Waals surface area contributed by atoms with Gasteiger partial charge < -0.3 is 10.6 Å². The first-order valence-corrected chi connectivity index (χ1v) is 13.4. The number of carbonyl (C=O) groups excluding carboxylic acids is 1. The maximum absolute atomic E-state index is 11.5. The van der Waals surface area contributed by atoms with Crippen molar-refractivity contribution in [2.75, 3.05) is 11.9 Å². The first-order chi connectivity index (χ1) is 15.6. The molecule has 3 nitrogen and oxygen atoms in total. The molecule has 0 aliphatic heterocycles. The van der Waals surface area contributed by atoms with Crippen LogP contribution in [0.25, 0.3) is 0 Å². The molecule has 0 aliphatic carbocycles. The van der Waals surface area contributed by atoms with E-state index in [1.165, 1.54) is 103 Å². The second-order valence-electron chi connectivity index (χ2n) is 9.39. The molecule has 0 saturated carbocycles. The van der Waals surface area contributed by atoms with Gasteiger partial charge in [0.2, 0.25) is 5.91 Å². The second kappa shape index (κ2) is 19.9. The van der Waals surface area contributed by atoms with E-state index in [1.807, 2.05) is 0 Å². The number of nitrogens with one attached hydrogen (secondary N) is 2. The number of amides is 1. The van der Waals surface area contributed by atoms with E-state index in [0.717, 1.165) is 17.8 Å². The number of carbonyl (C=O) groups is 1. The average Bonchev–Trinajstić information content (AvgIpc) is 2.80. The number of anilines is 1. The van der Waals surface area contributed by atoms with Crippen molar-refractivity contribution in [3.8, 4) is 0 Å². The summed E-state index contributed by atoms with van der Waals surface area (Å²) in [5.41, 5.74) is 2.80. The van der Waals surface area contributed by atoms with Crippen LogP contribution in [0.4, 0.5) is 5.69 Å². The van der Waals surface area contributed by atoms with Crippen molar-refractivity contribution in [1.29, 1.82) is 0 Å². The Morgan fingerprint density at radius 2 is 1.16 bits per heavy atom. The smallest absolute Gasteiger partial charge is 0.246 e. The Bertz CT molecular complexity index is 594. The third-order valence-electron chi connectivity index (χ3n) is 6.15. The van der Waals surface area contributed by atoms with Crippen LogP contribution in [0.3, 0.4) is 0 Å². The zero-order chi connectivity index (χ0) is 23.3. The molecule has 182 valence electrons. The maximum atomic E-state index is 11.5. The van der Waals surface area contributed by atoms with Gasteiger partial charge in [-0.15, -0.1) is 0 Å². The molecule has 0 atom stereocenters. The molecule has 0 saturated heterocycles. The minimum atomic E-state index is -0.0873. The van der Waals surface area contributed by atoms with Crippen LogP contribution in [0.5, 0.6) is 0 Å². The quantitative estimate of drug-likeness (QED) is 0.148. The van der Waals surface area contributed by atoms with Crippen LogP contribution in [0.1, 0.15) is 122 Å². The summed E-state index contributed by atoms with van der Waals surface area (Å²) in [4.78, 5) is 11.5. The largest absolute Gasteiger partial charge is 0.385 e. The molecular formula is C29H50N2O. The SMILES string of the molecule is C=C(C)C(=O)NCc1ccc(NCCCCCCCCCCCCCCCCCC)cc1. The Labute approximate surface area is 198 Å². The molecule has 1 aromatic carbocycles. The van der Waals surface area contributed by atoms with Gasteiger partial charge in [0.05, 0.1) is 0 Å². The van der Waals surface area contributed by atoms with Gasteiger partial charge in [0, 0.05) is 24.4 Å². The van der Waals surface area contributed by atoms with Crippen LogP contribution >= 0.6 is 0 Å². The minimum absolute atomic E-state index is 0.0873. The van der Waals surface area contributed by atoms with Crippen molar-refractivity contribution in [2.24, 2.45) is 0 Å². The molecule has 1 aromatic rings. The number of rotatable bonds is 21. The maximum Gasteiger partial charge on any atom is 0.246 e. The van der Waals surface area contributed by atoms with Gasteiger partial charge in [-0.05, 0) is 31.0 Å². The van der Waals surface area contributed by atoms with Gasteiger partial charge in [0.15, 0.2) is 0 Å². The lowest BCUT2D eigenvalue weighted by Crippen LogP contribution is -2.22. The van der Waals surface area contributed by atoms with Crippen LogP contribution in [0.2, 0.25) is 0 Å². The summed E-state index contributed by atoms with van der Waals surface area (Å²) >= 11 is 0. The molecule has 1 rings (SSSR count). The highest BCUT2D eigenvalue weighted by molar-refractivity contribution is 5.92. The fourth-order valence-electron chi connectivity index (χ4n) is 3.98. The van der Waals surface area contributed by atoms with Crippen LogP contribution in [-0.2, 0) is 11.3 Å². The van der Waals surface area contributed by atoms with E-state index in [4.69, 9.17) is 0 Å². The van der Waals surface area contributed by atoms with E-state index in [9.17, 15) is 4.79 Å². The van der Waals surface area contributed by atoms with E-state index in [-0.39, 0.29) is 5.91 Å². The van der Waals surface area contributed by atoms with Gasteiger partial charge in [-0.3, -0.25) is 4.79 Å². The third-order valence-corrected chi connectivity index (χ3v) is 6.15. The van der Waals surface area contributed by atoms with E-state index >= 15 is 0 Å². The normalized spacial score (nSPS) is 10.8. The summed E-state index contributed by atoms with van der Waals surface area (Å²) in [6.07, 6.45) is 22.5. The molecule has 0 fully saturated rings. The van der Waals surface area contributed by atoms with Gasteiger partial charge in [-0.25, -0.2) is 0 Å². The van der Waals surface area contributed by atoms with E-state index < -0.39 is 0 Å². The molecule has 0 aromatic heterocycles. The molecule has 3 heteroatoms. The fourth-order valence-corrected chi connectivity index (χ4v) is 3.98. The highest BCUT2D eigenvalue weighted by Crippen LogP contribution is 2.14. The summed E-state index contributed by atoms with van der Waals surface area (Å²) in [6.45, 7) is 9.24. The van der Waals surface area contributed by atoms with Crippen LogP contribution < -0.4 is 10.6 Å². The standard InChI is InChI=1S/C29H50N2O/c1-4-5-6-7-8-9-10-11-12-13-14-15-16-17-18-19-24-30-28-22-20-27(21-23-28)25-31-29(32)26(2)3/h20-23,30H,2,4-19,24-25H2,1,3H3,(H,31,32). The second-order valence-corrected chi connectivity index (χ2v) is 9.39. The number of benzene rings is 1. The van der Waals surface area contributed by atoms with Crippen LogP contribution in [-0.4, -0.2) is 12.5 Å². The zero-order valence-electron chi connectivity index (χ0n) is 21.2. The number of hydrogen-bond acceptors (Lipinski definition) is 2. The van der Waals surface area contributed by atoms with Crippen LogP contribution in [0.15, 0.2) is 36.4 Å². The Balaban J connectivity index is 1.87. The molecule has 0 heterocycles. The van der Waals surface area contributed by atoms with Gasteiger partial charge >= 0.3 is 0 Å². The first-order valence-electron chi connectivity index (χ1n) is 13.4. The molecule has 0 aliphatic rings. The molecule has 0 radical (unpaired) electrons. The highest BCUT2D eigenvalue weighted by Gasteiger charge is 2.01. The van der Waals surface area contributed by atoms with Crippen molar-refractivity contribution in [3.63, 3.8) is 0 Å². The summed E-state index contributed by atoms with van der Waals surface area (Å²) in [6, 6.07) is 8.31. The summed E-state index contributed by atoms with van der Waals surface area (Å²) in [5, 5.41) is 6.37. The number of hydrogen-bond donors (Lipinski definition) is 2. The van der Waals surface area contributed by atoms with Gasteiger partial charge in [0.1, 0.15) is 0 Å². The Morgan fingerprint density at radius 1 is 0.719 bits per heavy atom.